The Morgan fingerprint density at radius 2 is 1.84 bits per heavy atom. The van der Waals surface area contributed by atoms with Crippen molar-refractivity contribution >= 4 is 22.1 Å². The number of fused-ring (bicyclic) bond motifs is 2. The molecule has 0 saturated heterocycles. The Morgan fingerprint density at radius 3 is 2.50 bits per heavy atom. The molecule has 0 aliphatic heterocycles. The first-order chi connectivity index (χ1) is 15.0. The van der Waals surface area contributed by atoms with Crippen LogP contribution in [0.3, 0.4) is 0 Å². The van der Waals surface area contributed by atoms with Gasteiger partial charge in [0.25, 0.3) is 0 Å². The number of rotatable bonds is 10. The van der Waals surface area contributed by atoms with E-state index >= 15 is 0 Å². The molecule has 0 radical (unpaired) electrons. The van der Waals surface area contributed by atoms with Gasteiger partial charge in [-0.3, -0.25) is 4.79 Å². The quantitative estimate of drug-likeness (QED) is 0.369. The summed E-state index contributed by atoms with van der Waals surface area (Å²) >= 11 is 0. The van der Waals surface area contributed by atoms with E-state index in [4.69, 9.17) is 5.11 Å². The molecule has 5 nitrogen and oxygen atoms in total. The first-order valence-electron chi connectivity index (χ1n) is 10.8. The highest BCUT2D eigenvalue weighted by Gasteiger charge is 2.46. The number of carboxylic acids is 1. The van der Waals surface area contributed by atoms with Crippen molar-refractivity contribution in [2.45, 2.75) is 44.7 Å². The third-order valence-electron chi connectivity index (χ3n) is 6.48. The van der Waals surface area contributed by atoms with Crippen LogP contribution < -0.4 is 4.72 Å². The van der Waals surface area contributed by atoms with E-state index in [1.165, 1.54) is 18.2 Å². The maximum Gasteiger partial charge on any atom is 0.416 e. The van der Waals surface area contributed by atoms with Crippen LogP contribution in [0.1, 0.15) is 49.7 Å². The average Bonchev–Trinajstić information content (AvgIpc) is 3.32. The second-order valence-corrected chi connectivity index (χ2v) is 10.3. The summed E-state index contributed by atoms with van der Waals surface area (Å²) in [5, 5.41) is 9.71. The lowest BCUT2D eigenvalue weighted by molar-refractivity contribution is -0.138. The van der Waals surface area contributed by atoms with Crippen molar-refractivity contribution in [3.63, 3.8) is 0 Å². The number of benzene rings is 1. The number of nitrogens with one attached hydrogen (secondary N) is 1. The van der Waals surface area contributed by atoms with Crippen molar-refractivity contribution in [3.8, 4) is 0 Å². The topological polar surface area (TPSA) is 83.5 Å². The number of alkyl halides is 3. The molecule has 4 atom stereocenters. The number of carboxylic acid groups (broad SMARTS) is 1. The van der Waals surface area contributed by atoms with Gasteiger partial charge in [0, 0.05) is 18.4 Å². The molecule has 3 rings (SSSR count). The predicted octanol–water partition coefficient (Wildman–Crippen LogP) is 5.07. The van der Waals surface area contributed by atoms with E-state index in [1.807, 2.05) is 6.08 Å². The lowest BCUT2D eigenvalue weighted by Crippen LogP contribution is -2.34. The molecule has 2 saturated carbocycles. The van der Waals surface area contributed by atoms with E-state index < -0.39 is 27.7 Å². The fourth-order valence-electron chi connectivity index (χ4n) is 4.89. The van der Waals surface area contributed by atoms with Crippen molar-refractivity contribution in [1.82, 2.24) is 4.72 Å². The monoisotopic (exact) mass is 471 g/mol. The highest BCUT2D eigenvalue weighted by Crippen LogP contribution is 2.52. The van der Waals surface area contributed by atoms with Gasteiger partial charge in [-0.25, -0.2) is 13.1 Å². The lowest BCUT2D eigenvalue weighted by atomic mass is 9.79. The Morgan fingerprint density at radius 1 is 1.16 bits per heavy atom. The predicted molar refractivity (Wildman–Crippen MR) is 116 cm³/mol. The van der Waals surface area contributed by atoms with Crippen molar-refractivity contribution in [1.29, 1.82) is 0 Å². The molecule has 2 N–H and O–H groups in total. The molecule has 2 fully saturated rings. The molecule has 0 amide bonds. The first kappa shape index (κ1) is 24.5. The molecule has 32 heavy (non-hydrogen) atoms. The molecule has 2 bridgehead atoms. The van der Waals surface area contributed by atoms with Crippen LogP contribution in [0.15, 0.2) is 41.8 Å². The Bertz CT molecular complexity index is 954. The third-order valence-corrected chi connectivity index (χ3v) is 7.54. The fourth-order valence-corrected chi connectivity index (χ4v) is 5.75. The van der Waals surface area contributed by atoms with Crippen LogP contribution in [-0.2, 0) is 21.0 Å². The summed E-state index contributed by atoms with van der Waals surface area (Å²) < 4.78 is 65.4. The molecule has 0 heterocycles. The van der Waals surface area contributed by atoms with Crippen LogP contribution in [0, 0.1) is 23.7 Å². The van der Waals surface area contributed by atoms with E-state index in [-0.39, 0.29) is 18.3 Å². The minimum absolute atomic E-state index is 0.134. The minimum Gasteiger partial charge on any atom is -0.481 e. The van der Waals surface area contributed by atoms with Gasteiger partial charge in [-0.1, -0.05) is 24.3 Å². The van der Waals surface area contributed by atoms with Crippen molar-refractivity contribution in [2.24, 2.45) is 23.7 Å². The van der Waals surface area contributed by atoms with Crippen LogP contribution in [0.4, 0.5) is 13.2 Å². The smallest absolute Gasteiger partial charge is 0.416 e. The average molecular weight is 472 g/mol. The van der Waals surface area contributed by atoms with E-state index in [0.29, 0.717) is 36.8 Å². The summed E-state index contributed by atoms with van der Waals surface area (Å²) in [6, 6.07) is 4.30. The van der Waals surface area contributed by atoms with Crippen LogP contribution >= 0.6 is 0 Å². The highest BCUT2D eigenvalue weighted by atomic mass is 32.2. The molecule has 1 aromatic carbocycles. The van der Waals surface area contributed by atoms with E-state index in [0.717, 1.165) is 36.8 Å². The lowest BCUT2D eigenvalue weighted by Gasteiger charge is -2.29. The second-order valence-electron chi connectivity index (χ2n) is 8.60. The number of unbranched alkanes of at least 4 members (excludes halogenated alkanes) is 1. The Balaban J connectivity index is 1.55. The molecule has 9 heteroatoms. The molecule has 2 aliphatic rings. The Kier molecular flexibility index (Phi) is 7.82. The fraction of sp³-hybridized carbons (Fsp3) is 0.522. The summed E-state index contributed by atoms with van der Waals surface area (Å²) in [4.78, 5) is 10.6. The number of aliphatic carboxylic acids is 1. The Hall–Kier alpha value is -2.13. The van der Waals surface area contributed by atoms with Crippen molar-refractivity contribution in [2.75, 3.05) is 6.54 Å². The molecule has 1 aromatic rings. The maximum atomic E-state index is 12.6. The number of halogens is 3. The zero-order valence-electron chi connectivity index (χ0n) is 17.6. The van der Waals surface area contributed by atoms with E-state index in [1.54, 1.807) is 0 Å². The summed E-state index contributed by atoms with van der Waals surface area (Å²) in [5.74, 6) is 0.664. The van der Waals surface area contributed by atoms with Crippen LogP contribution in [0.5, 0.6) is 0 Å². The van der Waals surface area contributed by atoms with Crippen LogP contribution in [-0.4, -0.2) is 26.0 Å². The first-order valence-corrected chi connectivity index (χ1v) is 12.3. The summed E-state index contributed by atoms with van der Waals surface area (Å²) in [7, 11) is -3.73. The van der Waals surface area contributed by atoms with Crippen LogP contribution in [0.25, 0.3) is 6.08 Å². The van der Waals surface area contributed by atoms with Crippen molar-refractivity contribution in [3.05, 3.63) is 53.0 Å². The van der Waals surface area contributed by atoms with Gasteiger partial charge in [-0.2, -0.15) is 13.2 Å². The number of hydrogen-bond donors (Lipinski definition) is 2. The number of hydrogen-bond acceptors (Lipinski definition) is 3. The van der Waals surface area contributed by atoms with Gasteiger partial charge in [-0.05, 0) is 79.5 Å². The van der Waals surface area contributed by atoms with Gasteiger partial charge in [0.1, 0.15) is 0 Å². The zero-order chi connectivity index (χ0) is 23.4. The zero-order valence-corrected chi connectivity index (χ0v) is 18.4. The Labute approximate surface area is 186 Å². The minimum atomic E-state index is -4.43. The molecule has 0 spiro atoms. The van der Waals surface area contributed by atoms with Gasteiger partial charge in [0.15, 0.2) is 0 Å². The largest absolute Gasteiger partial charge is 0.481 e. The third kappa shape index (κ3) is 6.68. The second kappa shape index (κ2) is 10.2. The summed E-state index contributed by atoms with van der Waals surface area (Å²) in [5.41, 5.74) is -0.417. The van der Waals surface area contributed by atoms with Gasteiger partial charge < -0.3 is 5.11 Å². The molecule has 176 valence electrons. The molecular weight excluding hydrogens is 443 g/mol. The number of sulfonamides is 1. The number of carbonyl (C=O) groups is 1. The van der Waals surface area contributed by atoms with Gasteiger partial charge in [-0.15, -0.1) is 0 Å². The number of allylic oxidation sites excluding steroid dienone is 2. The molecule has 0 aromatic heterocycles. The summed E-state index contributed by atoms with van der Waals surface area (Å²) in [6.07, 6.45) is 5.69. The van der Waals surface area contributed by atoms with E-state index in [2.05, 4.69) is 10.8 Å². The van der Waals surface area contributed by atoms with E-state index in [9.17, 15) is 26.4 Å². The maximum absolute atomic E-state index is 12.6. The van der Waals surface area contributed by atoms with Gasteiger partial charge >= 0.3 is 12.1 Å². The summed E-state index contributed by atoms with van der Waals surface area (Å²) in [6.45, 7) is 0.311. The normalized spacial score (nSPS) is 25.8. The van der Waals surface area contributed by atoms with Crippen LogP contribution in [0.2, 0.25) is 0 Å². The van der Waals surface area contributed by atoms with Crippen molar-refractivity contribution < 1.29 is 31.5 Å². The van der Waals surface area contributed by atoms with Gasteiger partial charge in [0.2, 0.25) is 10.0 Å². The molecule has 2 aliphatic carbocycles. The molecule has 4 unspecified atom stereocenters. The highest BCUT2D eigenvalue weighted by molar-refractivity contribution is 7.92. The SMILES string of the molecule is O=C(O)CCCC=CC1C2CCC(C2)C1CNS(=O)(=O)C=Cc1ccc(C(F)(F)F)cc1. The van der Waals surface area contributed by atoms with Gasteiger partial charge in [0.05, 0.1) is 5.56 Å². The molecular formula is C23H28F3NO4S. The standard InChI is InChI=1S/C23H28F3NO4S/c24-23(25,26)19-10-6-16(7-11-19)12-13-32(30,31)27-15-21-18-9-8-17(14-18)20(21)4-2-1-3-5-22(28)29/h2,4,6-7,10-13,17-18,20-21,27H,1,3,5,8-9,14-15H2,(H,28,29).